The standard InChI is InChI=1S/C14H15FN2O3/c15-11-3-1-2-10(8-11)4-5-13(18)17-6-7-20-12(9-17)14(16)19/h1-5,8,12H,6-7,9H2,(H2,16,19)/b5-4+. The minimum absolute atomic E-state index is 0.141. The average molecular weight is 278 g/mol. The van der Waals surface area contributed by atoms with Gasteiger partial charge in [0.15, 0.2) is 6.10 Å². The molecule has 1 aromatic rings. The summed E-state index contributed by atoms with van der Waals surface area (Å²) in [6.45, 7) is 0.810. The Hall–Kier alpha value is -2.21. The topological polar surface area (TPSA) is 72.6 Å². The summed E-state index contributed by atoms with van der Waals surface area (Å²) in [5, 5.41) is 0. The van der Waals surface area contributed by atoms with E-state index in [-0.39, 0.29) is 24.9 Å². The van der Waals surface area contributed by atoms with Gasteiger partial charge in [0.1, 0.15) is 5.82 Å². The zero-order valence-corrected chi connectivity index (χ0v) is 10.8. The van der Waals surface area contributed by atoms with E-state index in [2.05, 4.69) is 0 Å². The van der Waals surface area contributed by atoms with Gasteiger partial charge in [-0.3, -0.25) is 9.59 Å². The van der Waals surface area contributed by atoms with Crippen molar-refractivity contribution < 1.29 is 18.7 Å². The number of hydrogen-bond acceptors (Lipinski definition) is 3. The molecule has 0 saturated carbocycles. The predicted octanol–water partition coefficient (Wildman–Crippen LogP) is 0.552. The molecule has 0 aliphatic carbocycles. The number of benzene rings is 1. The summed E-state index contributed by atoms with van der Waals surface area (Å²) >= 11 is 0. The van der Waals surface area contributed by atoms with Crippen molar-refractivity contribution in [3.8, 4) is 0 Å². The fourth-order valence-corrected chi connectivity index (χ4v) is 1.90. The van der Waals surface area contributed by atoms with Gasteiger partial charge in [-0.25, -0.2) is 4.39 Å². The Bertz CT molecular complexity index is 545. The molecule has 1 fully saturated rings. The smallest absolute Gasteiger partial charge is 0.248 e. The van der Waals surface area contributed by atoms with E-state index in [1.807, 2.05) is 0 Å². The third-order valence-electron chi connectivity index (χ3n) is 2.96. The lowest BCUT2D eigenvalue weighted by Crippen LogP contribution is -2.50. The first-order valence-electron chi connectivity index (χ1n) is 6.20. The fourth-order valence-electron chi connectivity index (χ4n) is 1.90. The maximum Gasteiger partial charge on any atom is 0.248 e. The second-order valence-electron chi connectivity index (χ2n) is 4.43. The number of halogens is 1. The molecule has 1 atom stereocenters. The van der Waals surface area contributed by atoms with Crippen molar-refractivity contribution in [2.75, 3.05) is 19.7 Å². The first-order valence-corrected chi connectivity index (χ1v) is 6.20. The number of hydrogen-bond donors (Lipinski definition) is 1. The van der Waals surface area contributed by atoms with E-state index in [9.17, 15) is 14.0 Å². The van der Waals surface area contributed by atoms with E-state index in [0.29, 0.717) is 12.1 Å². The van der Waals surface area contributed by atoms with Crippen molar-refractivity contribution >= 4 is 17.9 Å². The molecule has 1 saturated heterocycles. The minimum Gasteiger partial charge on any atom is -0.367 e. The van der Waals surface area contributed by atoms with Crippen molar-refractivity contribution in [3.63, 3.8) is 0 Å². The SMILES string of the molecule is NC(=O)C1CN(C(=O)/C=C/c2cccc(F)c2)CCO1. The normalized spacial score (nSPS) is 19.2. The zero-order valence-electron chi connectivity index (χ0n) is 10.8. The van der Waals surface area contributed by atoms with Crippen molar-refractivity contribution in [2.45, 2.75) is 6.10 Å². The van der Waals surface area contributed by atoms with Gasteiger partial charge < -0.3 is 15.4 Å². The van der Waals surface area contributed by atoms with E-state index in [1.54, 1.807) is 12.1 Å². The van der Waals surface area contributed by atoms with Crippen LogP contribution in [0.15, 0.2) is 30.3 Å². The number of morpholine rings is 1. The Labute approximate surface area is 115 Å². The van der Waals surface area contributed by atoms with E-state index in [0.717, 1.165) is 0 Å². The van der Waals surface area contributed by atoms with Crippen LogP contribution >= 0.6 is 0 Å². The van der Waals surface area contributed by atoms with Crippen LogP contribution in [0.1, 0.15) is 5.56 Å². The average Bonchev–Trinajstić information content (AvgIpc) is 2.45. The maximum atomic E-state index is 13.0. The highest BCUT2D eigenvalue weighted by Gasteiger charge is 2.26. The van der Waals surface area contributed by atoms with E-state index < -0.39 is 12.0 Å². The highest BCUT2D eigenvalue weighted by atomic mass is 19.1. The fraction of sp³-hybridized carbons (Fsp3) is 0.286. The van der Waals surface area contributed by atoms with E-state index in [4.69, 9.17) is 10.5 Å². The predicted molar refractivity (Wildman–Crippen MR) is 70.9 cm³/mol. The molecular weight excluding hydrogens is 263 g/mol. The number of primary amides is 1. The molecule has 20 heavy (non-hydrogen) atoms. The Balaban J connectivity index is 1.99. The third kappa shape index (κ3) is 3.64. The molecule has 1 aliphatic heterocycles. The number of amides is 2. The highest BCUT2D eigenvalue weighted by molar-refractivity contribution is 5.92. The van der Waals surface area contributed by atoms with Crippen molar-refractivity contribution in [3.05, 3.63) is 41.7 Å². The second kappa shape index (κ2) is 6.29. The van der Waals surface area contributed by atoms with Crippen LogP contribution in [0, 0.1) is 5.82 Å². The number of carbonyl (C=O) groups is 2. The molecule has 1 aliphatic rings. The van der Waals surface area contributed by atoms with Gasteiger partial charge >= 0.3 is 0 Å². The minimum atomic E-state index is -0.768. The van der Waals surface area contributed by atoms with Crippen LogP contribution in [-0.4, -0.2) is 42.5 Å². The van der Waals surface area contributed by atoms with Crippen LogP contribution in [-0.2, 0) is 14.3 Å². The largest absolute Gasteiger partial charge is 0.367 e. The number of nitrogens with two attached hydrogens (primary N) is 1. The lowest BCUT2D eigenvalue weighted by atomic mass is 10.2. The summed E-state index contributed by atoms with van der Waals surface area (Å²) in [5.41, 5.74) is 5.75. The summed E-state index contributed by atoms with van der Waals surface area (Å²) < 4.78 is 18.1. The van der Waals surface area contributed by atoms with Crippen molar-refractivity contribution in [2.24, 2.45) is 5.73 Å². The molecule has 2 rings (SSSR count). The van der Waals surface area contributed by atoms with Gasteiger partial charge in [0.25, 0.3) is 0 Å². The Morgan fingerprint density at radius 1 is 1.45 bits per heavy atom. The third-order valence-corrected chi connectivity index (χ3v) is 2.96. The van der Waals surface area contributed by atoms with Crippen LogP contribution in [0.25, 0.3) is 6.08 Å². The molecule has 1 heterocycles. The van der Waals surface area contributed by atoms with E-state index >= 15 is 0 Å². The zero-order chi connectivity index (χ0) is 14.5. The van der Waals surface area contributed by atoms with Crippen LogP contribution in [0.2, 0.25) is 0 Å². The highest BCUT2D eigenvalue weighted by Crippen LogP contribution is 2.08. The van der Waals surface area contributed by atoms with Gasteiger partial charge in [-0.15, -0.1) is 0 Å². The molecule has 0 spiro atoms. The monoisotopic (exact) mass is 278 g/mol. The van der Waals surface area contributed by atoms with Crippen molar-refractivity contribution in [1.29, 1.82) is 0 Å². The number of ether oxygens (including phenoxy) is 1. The van der Waals surface area contributed by atoms with Gasteiger partial charge in [0.05, 0.1) is 13.2 Å². The van der Waals surface area contributed by atoms with Gasteiger partial charge in [-0.1, -0.05) is 12.1 Å². The molecule has 0 aromatic heterocycles. The van der Waals surface area contributed by atoms with Crippen LogP contribution in [0.3, 0.4) is 0 Å². The number of nitrogens with zero attached hydrogens (tertiary/aromatic N) is 1. The molecule has 0 bridgehead atoms. The molecule has 1 unspecified atom stereocenters. The summed E-state index contributed by atoms with van der Waals surface area (Å²) in [7, 11) is 0. The first-order chi connectivity index (χ1) is 9.56. The summed E-state index contributed by atoms with van der Waals surface area (Å²) in [4.78, 5) is 24.5. The van der Waals surface area contributed by atoms with E-state index in [1.165, 1.54) is 29.2 Å². The Morgan fingerprint density at radius 3 is 2.95 bits per heavy atom. The van der Waals surface area contributed by atoms with Crippen LogP contribution in [0.5, 0.6) is 0 Å². The van der Waals surface area contributed by atoms with Gasteiger partial charge in [0, 0.05) is 12.6 Å². The first kappa shape index (κ1) is 14.2. The molecule has 2 N–H and O–H groups in total. The quantitative estimate of drug-likeness (QED) is 0.821. The lowest BCUT2D eigenvalue weighted by Gasteiger charge is -2.30. The van der Waals surface area contributed by atoms with Crippen LogP contribution < -0.4 is 5.73 Å². The molecule has 0 radical (unpaired) electrons. The summed E-state index contributed by atoms with van der Waals surface area (Å²) in [5.74, 6) is -1.21. The van der Waals surface area contributed by atoms with Crippen LogP contribution in [0.4, 0.5) is 4.39 Å². The van der Waals surface area contributed by atoms with Gasteiger partial charge in [0.2, 0.25) is 11.8 Å². The molecule has 5 nitrogen and oxygen atoms in total. The Kier molecular flexibility index (Phi) is 4.47. The maximum absolute atomic E-state index is 13.0. The molecule has 2 amide bonds. The molecule has 1 aromatic carbocycles. The molecular formula is C14H15FN2O3. The van der Waals surface area contributed by atoms with Gasteiger partial charge in [-0.05, 0) is 23.8 Å². The number of carbonyl (C=O) groups excluding carboxylic acids is 2. The Morgan fingerprint density at radius 2 is 2.25 bits per heavy atom. The summed E-state index contributed by atoms with van der Waals surface area (Å²) in [6, 6.07) is 5.92. The summed E-state index contributed by atoms with van der Waals surface area (Å²) in [6.07, 6.45) is 2.11. The second-order valence-corrected chi connectivity index (χ2v) is 4.43. The number of rotatable bonds is 3. The van der Waals surface area contributed by atoms with Crippen molar-refractivity contribution in [1.82, 2.24) is 4.90 Å². The molecule has 106 valence electrons. The molecule has 6 heteroatoms. The van der Waals surface area contributed by atoms with Gasteiger partial charge in [-0.2, -0.15) is 0 Å². The lowest BCUT2D eigenvalue weighted by molar-refractivity contribution is -0.142.